The van der Waals surface area contributed by atoms with Crippen LogP contribution < -0.4 is 14.7 Å². The number of nitrogens with two attached hydrogens (primary N) is 1. The minimum atomic E-state index is -3.90. The van der Waals surface area contributed by atoms with Crippen molar-refractivity contribution in [1.82, 2.24) is 4.57 Å². The smallest absolute Gasteiger partial charge is 0.325 e. The average Bonchev–Trinajstić information content (AvgIpc) is 3.04. The maximum absolute atomic E-state index is 12.3. The molecule has 0 saturated carbocycles. The molecular formula is C19H19N3O6S2. The fourth-order valence-corrected chi connectivity index (χ4v) is 4.30. The van der Waals surface area contributed by atoms with Crippen LogP contribution in [0, 0.1) is 0 Å². The van der Waals surface area contributed by atoms with E-state index in [1.807, 2.05) is 18.2 Å². The van der Waals surface area contributed by atoms with Crippen LogP contribution in [0.3, 0.4) is 0 Å². The molecule has 30 heavy (non-hydrogen) atoms. The van der Waals surface area contributed by atoms with Gasteiger partial charge in [0.05, 0.1) is 35.2 Å². The number of thiazole rings is 1. The van der Waals surface area contributed by atoms with E-state index in [-0.39, 0.29) is 29.3 Å². The second kappa shape index (κ2) is 9.20. The fourth-order valence-electron chi connectivity index (χ4n) is 2.60. The van der Waals surface area contributed by atoms with Crippen LogP contribution in [0.4, 0.5) is 0 Å². The summed E-state index contributed by atoms with van der Waals surface area (Å²) in [5.41, 5.74) is 0.532. The molecule has 0 radical (unpaired) electrons. The summed E-state index contributed by atoms with van der Waals surface area (Å²) in [5.74, 6) is -0.335. The fraction of sp³-hybridized carbons (Fsp3) is 0.211. The van der Waals surface area contributed by atoms with Gasteiger partial charge in [-0.1, -0.05) is 29.5 Å². The van der Waals surface area contributed by atoms with Crippen molar-refractivity contribution in [3.63, 3.8) is 0 Å². The molecule has 3 rings (SSSR count). The quantitative estimate of drug-likeness (QED) is 0.543. The van der Waals surface area contributed by atoms with Gasteiger partial charge in [0.15, 0.2) is 4.80 Å². The maximum Gasteiger partial charge on any atom is 0.325 e. The number of ether oxygens (including phenoxy) is 2. The summed E-state index contributed by atoms with van der Waals surface area (Å²) in [6.07, 6.45) is 0.0315. The molecule has 0 saturated heterocycles. The van der Waals surface area contributed by atoms with E-state index in [2.05, 4.69) is 4.99 Å². The molecule has 2 N–H and O–H groups in total. The second-order valence-electron chi connectivity index (χ2n) is 6.14. The molecule has 0 atom stereocenters. The Morgan fingerprint density at radius 3 is 2.57 bits per heavy atom. The Kier molecular flexibility index (Phi) is 6.65. The van der Waals surface area contributed by atoms with Crippen LogP contribution in [-0.4, -0.2) is 38.6 Å². The van der Waals surface area contributed by atoms with Gasteiger partial charge in [-0.25, -0.2) is 13.6 Å². The van der Waals surface area contributed by atoms with Crippen LogP contribution in [0.1, 0.15) is 6.42 Å². The van der Waals surface area contributed by atoms with E-state index in [1.165, 1.54) is 29.9 Å². The van der Waals surface area contributed by atoms with Crippen molar-refractivity contribution >= 4 is 43.5 Å². The number of fused-ring (bicyclic) bond motifs is 1. The molecule has 0 fully saturated rings. The number of benzene rings is 2. The SMILES string of the molecule is COC(=O)Cn1c(=NC(=O)CCOc2ccccc2)sc2cc(S(N)(=O)=O)ccc21. The molecule has 9 nitrogen and oxygen atoms in total. The number of carbonyl (C=O) groups is 2. The van der Waals surface area contributed by atoms with Gasteiger partial charge in [0.2, 0.25) is 10.0 Å². The van der Waals surface area contributed by atoms with Crippen molar-refractivity contribution in [2.75, 3.05) is 13.7 Å². The summed E-state index contributed by atoms with van der Waals surface area (Å²) < 4.78 is 35.4. The van der Waals surface area contributed by atoms with Crippen molar-refractivity contribution in [2.45, 2.75) is 17.9 Å². The van der Waals surface area contributed by atoms with Gasteiger partial charge in [-0.2, -0.15) is 4.99 Å². The molecule has 0 unspecified atom stereocenters. The first-order valence-corrected chi connectivity index (χ1v) is 11.1. The maximum atomic E-state index is 12.3. The Balaban J connectivity index is 1.90. The summed E-state index contributed by atoms with van der Waals surface area (Å²) in [7, 11) is -2.65. The number of hydrogen-bond acceptors (Lipinski definition) is 7. The predicted octanol–water partition coefficient (Wildman–Crippen LogP) is 1.42. The van der Waals surface area contributed by atoms with Crippen molar-refractivity contribution in [1.29, 1.82) is 0 Å². The number of amides is 1. The summed E-state index contributed by atoms with van der Waals surface area (Å²) in [4.78, 5) is 28.4. The lowest BCUT2D eigenvalue weighted by molar-refractivity contribution is -0.141. The van der Waals surface area contributed by atoms with Gasteiger partial charge in [-0.05, 0) is 30.3 Å². The number of esters is 1. The molecule has 11 heteroatoms. The van der Waals surface area contributed by atoms with Crippen LogP contribution in [0.2, 0.25) is 0 Å². The van der Waals surface area contributed by atoms with Crippen LogP contribution in [0.5, 0.6) is 5.75 Å². The molecule has 1 amide bonds. The minimum absolute atomic E-state index is 0.0315. The number of methoxy groups -OCH3 is 1. The average molecular weight is 450 g/mol. The van der Waals surface area contributed by atoms with E-state index < -0.39 is 21.9 Å². The highest BCUT2D eigenvalue weighted by Gasteiger charge is 2.15. The van der Waals surface area contributed by atoms with Gasteiger partial charge in [0.25, 0.3) is 5.91 Å². The van der Waals surface area contributed by atoms with Crippen LogP contribution >= 0.6 is 11.3 Å². The van der Waals surface area contributed by atoms with E-state index in [4.69, 9.17) is 14.6 Å². The standard InChI is InChI=1S/C19H19N3O6S2/c1-27-18(24)12-22-15-8-7-14(30(20,25)26)11-16(15)29-19(22)21-17(23)9-10-28-13-5-3-2-4-6-13/h2-8,11H,9-10,12H2,1H3,(H2,20,25,26). The summed E-state index contributed by atoms with van der Waals surface area (Å²) in [6.45, 7) is -0.0400. The molecule has 1 heterocycles. The third-order valence-electron chi connectivity index (χ3n) is 4.05. The monoisotopic (exact) mass is 449 g/mol. The zero-order valence-electron chi connectivity index (χ0n) is 16.0. The molecule has 3 aromatic rings. The third-order valence-corrected chi connectivity index (χ3v) is 6.00. The van der Waals surface area contributed by atoms with E-state index in [1.54, 1.807) is 12.1 Å². The third kappa shape index (κ3) is 5.32. The van der Waals surface area contributed by atoms with Gasteiger partial charge in [0, 0.05) is 0 Å². The molecule has 0 aliphatic carbocycles. The molecule has 158 valence electrons. The predicted molar refractivity (Wildman–Crippen MR) is 110 cm³/mol. The number of nitrogens with zero attached hydrogens (tertiary/aromatic N) is 2. The van der Waals surface area contributed by atoms with Crippen LogP contribution in [-0.2, 0) is 30.9 Å². The van der Waals surface area contributed by atoms with E-state index >= 15 is 0 Å². The summed E-state index contributed by atoms with van der Waals surface area (Å²) in [5, 5.41) is 5.18. The van der Waals surface area contributed by atoms with Crippen molar-refractivity contribution in [2.24, 2.45) is 10.1 Å². The molecule has 0 bridgehead atoms. The number of carbonyl (C=O) groups excluding carboxylic acids is 2. The van der Waals surface area contributed by atoms with Crippen LogP contribution in [0.15, 0.2) is 58.4 Å². The Bertz CT molecular complexity index is 1250. The van der Waals surface area contributed by atoms with Gasteiger partial charge in [0.1, 0.15) is 12.3 Å². The van der Waals surface area contributed by atoms with Crippen molar-refractivity contribution < 1.29 is 27.5 Å². The Labute approximate surface area is 176 Å². The lowest BCUT2D eigenvalue weighted by atomic mass is 10.3. The van der Waals surface area contributed by atoms with Crippen LogP contribution in [0.25, 0.3) is 10.2 Å². The number of primary sulfonamides is 1. The second-order valence-corrected chi connectivity index (χ2v) is 8.71. The number of para-hydroxylation sites is 1. The lowest BCUT2D eigenvalue weighted by Crippen LogP contribution is -2.22. The highest BCUT2D eigenvalue weighted by Crippen LogP contribution is 2.21. The Morgan fingerprint density at radius 2 is 1.90 bits per heavy atom. The van der Waals surface area contributed by atoms with E-state index in [9.17, 15) is 18.0 Å². The number of rotatable bonds is 7. The van der Waals surface area contributed by atoms with E-state index in [0.717, 1.165) is 11.3 Å². The first-order chi connectivity index (χ1) is 14.3. The largest absolute Gasteiger partial charge is 0.493 e. The first-order valence-electron chi connectivity index (χ1n) is 8.76. The number of sulfonamides is 1. The molecular weight excluding hydrogens is 430 g/mol. The zero-order valence-corrected chi connectivity index (χ0v) is 17.6. The topological polar surface area (TPSA) is 130 Å². The van der Waals surface area contributed by atoms with Gasteiger partial charge >= 0.3 is 5.97 Å². The summed E-state index contributed by atoms with van der Waals surface area (Å²) in [6, 6.07) is 13.3. The Morgan fingerprint density at radius 1 is 1.17 bits per heavy atom. The highest BCUT2D eigenvalue weighted by atomic mass is 32.2. The first kappa shape index (κ1) is 21.7. The molecule has 0 aliphatic heterocycles. The summed E-state index contributed by atoms with van der Waals surface area (Å²) >= 11 is 1.07. The highest BCUT2D eigenvalue weighted by molar-refractivity contribution is 7.89. The number of aromatic nitrogens is 1. The molecule has 1 aromatic heterocycles. The lowest BCUT2D eigenvalue weighted by Gasteiger charge is -2.05. The van der Waals surface area contributed by atoms with E-state index in [0.29, 0.717) is 16.0 Å². The molecule has 2 aromatic carbocycles. The van der Waals surface area contributed by atoms with Crippen molar-refractivity contribution in [3.8, 4) is 5.75 Å². The molecule has 0 aliphatic rings. The zero-order chi connectivity index (χ0) is 21.7. The van der Waals surface area contributed by atoms with Crippen molar-refractivity contribution in [3.05, 3.63) is 53.3 Å². The Hall–Kier alpha value is -3.02. The van der Waals surface area contributed by atoms with Gasteiger partial charge < -0.3 is 14.0 Å². The molecule has 0 spiro atoms. The van der Waals surface area contributed by atoms with Gasteiger partial charge in [-0.15, -0.1) is 0 Å². The minimum Gasteiger partial charge on any atom is -0.493 e. The number of hydrogen-bond donors (Lipinski definition) is 1. The van der Waals surface area contributed by atoms with Gasteiger partial charge in [-0.3, -0.25) is 9.59 Å². The normalized spacial score (nSPS) is 12.1.